The number of phosphoric ester groups is 1. The summed E-state index contributed by atoms with van der Waals surface area (Å²) in [6.45, 7) is 5.37. The van der Waals surface area contributed by atoms with Gasteiger partial charge in [0.2, 0.25) is 0 Å². The van der Waals surface area contributed by atoms with Gasteiger partial charge in [-0.25, -0.2) is 4.57 Å². The first kappa shape index (κ1) is 48.5. The van der Waals surface area contributed by atoms with Gasteiger partial charge in [0.25, 0.3) is 0 Å². The lowest BCUT2D eigenvalue weighted by Gasteiger charge is -2.24. The molecular formula is C41H77NO7P+. The molecule has 0 amide bonds. The SMILES string of the molecule is CC/C=C\C/C=C\C/C=C\C/C=C\CCCCCCCCCCCCCOCC(COP(=O)(O)OCC[N+](C)(C)C)OC(=O)CCCCCC. The van der Waals surface area contributed by atoms with Crippen LogP contribution < -0.4 is 0 Å². The van der Waals surface area contributed by atoms with E-state index in [2.05, 4.69) is 62.5 Å². The van der Waals surface area contributed by atoms with Crippen LogP contribution in [0.15, 0.2) is 48.6 Å². The maximum atomic E-state index is 12.4. The summed E-state index contributed by atoms with van der Waals surface area (Å²) in [5, 5.41) is 0. The summed E-state index contributed by atoms with van der Waals surface area (Å²) in [7, 11) is 1.66. The molecule has 0 bridgehead atoms. The molecule has 0 aliphatic rings. The molecule has 0 aliphatic heterocycles. The molecule has 50 heavy (non-hydrogen) atoms. The molecule has 0 aromatic carbocycles. The van der Waals surface area contributed by atoms with E-state index in [1.165, 1.54) is 64.2 Å². The highest BCUT2D eigenvalue weighted by atomic mass is 31.2. The Morgan fingerprint density at radius 1 is 0.640 bits per heavy atom. The number of quaternary nitrogens is 1. The highest BCUT2D eigenvalue weighted by molar-refractivity contribution is 7.47. The molecule has 0 radical (unpaired) electrons. The zero-order valence-electron chi connectivity index (χ0n) is 32.9. The number of hydrogen-bond acceptors (Lipinski definition) is 6. The van der Waals surface area contributed by atoms with Gasteiger partial charge in [0.05, 0.1) is 34.4 Å². The smallest absolute Gasteiger partial charge is 0.457 e. The van der Waals surface area contributed by atoms with Gasteiger partial charge >= 0.3 is 13.8 Å². The Morgan fingerprint density at radius 3 is 1.72 bits per heavy atom. The van der Waals surface area contributed by atoms with Crippen molar-refractivity contribution >= 4 is 13.8 Å². The number of nitrogens with zero attached hydrogens (tertiary/aromatic N) is 1. The molecule has 0 saturated heterocycles. The number of rotatable bonds is 36. The number of hydrogen-bond donors (Lipinski definition) is 1. The normalized spacial score (nSPS) is 14.4. The van der Waals surface area contributed by atoms with Gasteiger partial charge in [-0.2, -0.15) is 0 Å². The summed E-state index contributed by atoms with van der Waals surface area (Å²) in [4.78, 5) is 22.4. The van der Waals surface area contributed by atoms with Crippen LogP contribution in [0, 0.1) is 0 Å². The molecule has 2 atom stereocenters. The minimum atomic E-state index is -4.25. The van der Waals surface area contributed by atoms with Gasteiger partial charge in [-0.3, -0.25) is 13.8 Å². The van der Waals surface area contributed by atoms with Crippen LogP contribution in [0.5, 0.6) is 0 Å². The van der Waals surface area contributed by atoms with Crippen molar-refractivity contribution in [2.45, 2.75) is 155 Å². The number of allylic oxidation sites excluding steroid dienone is 8. The van der Waals surface area contributed by atoms with Crippen molar-refractivity contribution in [2.24, 2.45) is 0 Å². The van der Waals surface area contributed by atoms with Crippen LogP contribution in [0.1, 0.15) is 149 Å². The van der Waals surface area contributed by atoms with E-state index in [0.717, 1.165) is 64.2 Å². The molecule has 0 heterocycles. The maximum Gasteiger partial charge on any atom is 0.472 e. The summed E-state index contributed by atoms with van der Waals surface area (Å²) in [5.74, 6) is -0.334. The van der Waals surface area contributed by atoms with Crippen LogP contribution in [0.2, 0.25) is 0 Å². The average Bonchev–Trinajstić information content (AvgIpc) is 3.06. The van der Waals surface area contributed by atoms with Gasteiger partial charge in [0.1, 0.15) is 19.3 Å². The molecule has 0 fully saturated rings. The molecule has 2 unspecified atom stereocenters. The van der Waals surface area contributed by atoms with Crippen molar-refractivity contribution in [3.63, 3.8) is 0 Å². The lowest BCUT2D eigenvalue weighted by Crippen LogP contribution is -2.37. The fourth-order valence-electron chi connectivity index (χ4n) is 5.07. The van der Waals surface area contributed by atoms with E-state index < -0.39 is 13.9 Å². The third-order valence-electron chi connectivity index (χ3n) is 8.15. The Hall–Kier alpha value is -1.54. The molecule has 9 heteroatoms. The first-order valence-corrected chi connectivity index (χ1v) is 21.4. The Bertz CT molecular complexity index is 942. The number of esters is 1. The fourth-order valence-corrected chi connectivity index (χ4v) is 5.81. The van der Waals surface area contributed by atoms with Crippen LogP contribution >= 0.6 is 7.82 Å². The quantitative estimate of drug-likeness (QED) is 0.0226. The van der Waals surface area contributed by atoms with Crippen molar-refractivity contribution in [3.8, 4) is 0 Å². The average molecular weight is 727 g/mol. The van der Waals surface area contributed by atoms with Gasteiger partial charge in [0, 0.05) is 13.0 Å². The van der Waals surface area contributed by atoms with Crippen molar-refractivity contribution < 1.29 is 37.3 Å². The zero-order chi connectivity index (χ0) is 37.0. The molecule has 0 aliphatic carbocycles. The van der Waals surface area contributed by atoms with Gasteiger partial charge in [-0.1, -0.05) is 140 Å². The molecule has 0 aromatic rings. The monoisotopic (exact) mass is 727 g/mol. The largest absolute Gasteiger partial charge is 0.472 e. The van der Waals surface area contributed by atoms with Gasteiger partial charge in [-0.15, -0.1) is 0 Å². The predicted octanol–water partition coefficient (Wildman–Crippen LogP) is 11.2. The first-order chi connectivity index (χ1) is 24.1. The van der Waals surface area contributed by atoms with Crippen LogP contribution in [-0.4, -0.2) is 75.6 Å². The second kappa shape index (κ2) is 34.5. The standard InChI is InChI=1S/C41H76NO7P/c1-6-8-10-12-13-14-15-16-17-18-19-20-21-22-23-24-25-26-27-28-29-30-31-33-36-46-38-40(49-41(43)34-32-11-9-7-2)39-48-50(44,45)47-37-35-42(3,4)5/h8,10,13-14,16-17,19-20,40H,6-7,9,11-12,15,18,21-39H2,1-5H3/p+1/b10-8-,14-13-,17-16-,20-19-. The molecule has 0 spiro atoms. The third-order valence-corrected chi connectivity index (χ3v) is 9.14. The second-order valence-electron chi connectivity index (χ2n) is 14.3. The van der Waals surface area contributed by atoms with Crippen LogP contribution in [0.25, 0.3) is 0 Å². The number of phosphoric acid groups is 1. The van der Waals surface area contributed by atoms with Crippen LogP contribution in [0.4, 0.5) is 0 Å². The molecule has 1 N–H and O–H groups in total. The van der Waals surface area contributed by atoms with E-state index in [0.29, 0.717) is 24.1 Å². The number of carbonyl (C=O) groups excluding carboxylic acids is 1. The van der Waals surface area contributed by atoms with Gasteiger partial charge in [0.15, 0.2) is 0 Å². The molecule has 0 rings (SSSR count). The topological polar surface area (TPSA) is 91.3 Å². The van der Waals surface area contributed by atoms with E-state index in [9.17, 15) is 14.3 Å². The maximum absolute atomic E-state index is 12.4. The predicted molar refractivity (Wildman–Crippen MR) is 210 cm³/mol. The van der Waals surface area contributed by atoms with Crippen LogP contribution in [-0.2, 0) is 27.9 Å². The molecule has 8 nitrogen and oxygen atoms in total. The van der Waals surface area contributed by atoms with Crippen molar-refractivity contribution in [1.82, 2.24) is 0 Å². The summed E-state index contributed by atoms with van der Waals surface area (Å²) in [5.41, 5.74) is 0. The van der Waals surface area contributed by atoms with Crippen molar-refractivity contribution in [1.29, 1.82) is 0 Å². The highest BCUT2D eigenvalue weighted by Crippen LogP contribution is 2.43. The summed E-state index contributed by atoms with van der Waals surface area (Å²) < 4.78 is 34.6. The van der Waals surface area contributed by atoms with E-state index in [-0.39, 0.29) is 25.8 Å². The number of ether oxygens (including phenoxy) is 2. The van der Waals surface area contributed by atoms with E-state index in [4.69, 9.17) is 18.5 Å². The first-order valence-electron chi connectivity index (χ1n) is 19.9. The van der Waals surface area contributed by atoms with Gasteiger partial charge < -0.3 is 18.9 Å². The summed E-state index contributed by atoms with van der Waals surface area (Å²) >= 11 is 0. The summed E-state index contributed by atoms with van der Waals surface area (Å²) in [6, 6.07) is 0. The molecule has 0 saturated carbocycles. The van der Waals surface area contributed by atoms with E-state index in [1.807, 2.05) is 21.1 Å². The van der Waals surface area contributed by atoms with Gasteiger partial charge in [-0.05, 0) is 51.4 Å². The number of unbranched alkanes of at least 4 members (excludes halogenated alkanes) is 14. The van der Waals surface area contributed by atoms with E-state index >= 15 is 0 Å². The lowest BCUT2D eigenvalue weighted by molar-refractivity contribution is -0.870. The lowest BCUT2D eigenvalue weighted by atomic mass is 10.1. The fraction of sp³-hybridized carbons (Fsp3) is 0.780. The molecule has 292 valence electrons. The minimum Gasteiger partial charge on any atom is -0.457 e. The third kappa shape index (κ3) is 37.7. The Morgan fingerprint density at radius 2 is 1.16 bits per heavy atom. The Balaban J connectivity index is 3.93. The highest BCUT2D eigenvalue weighted by Gasteiger charge is 2.26. The number of likely N-dealkylation sites (N-methyl/N-ethyl adjacent to an activating group) is 1. The minimum absolute atomic E-state index is 0.0867. The van der Waals surface area contributed by atoms with Crippen molar-refractivity contribution in [2.75, 3.05) is 54.1 Å². The van der Waals surface area contributed by atoms with Crippen molar-refractivity contribution in [3.05, 3.63) is 48.6 Å². The van der Waals surface area contributed by atoms with Crippen LogP contribution in [0.3, 0.4) is 0 Å². The number of carbonyl (C=O) groups is 1. The zero-order valence-corrected chi connectivity index (χ0v) is 33.8. The molecule has 0 aromatic heterocycles. The molecular weight excluding hydrogens is 649 g/mol. The summed E-state index contributed by atoms with van der Waals surface area (Å²) in [6.07, 6.45) is 40.6. The Labute approximate surface area is 308 Å². The Kier molecular flexibility index (Phi) is 33.5. The van der Waals surface area contributed by atoms with E-state index in [1.54, 1.807) is 0 Å². The second-order valence-corrected chi connectivity index (χ2v) is 15.7.